The summed E-state index contributed by atoms with van der Waals surface area (Å²) in [5, 5.41) is 14.2. The number of amides is 1. The van der Waals surface area contributed by atoms with E-state index in [9.17, 15) is 31.9 Å². The van der Waals surface area contributed by atoms with Gasteiger partial charge in [0.15, 0.2) is 29.6 Å². The van der Waals surface area contributed by atoms with Crippen LogP contribution in [0, 0.1) is 29.1 Å². The van der Waals surface area contributed by atoms with E-state index in [0.29, 0.717) is 18.5 Å². The minimum Gasteiger partial charge on any atom is -0.392 e. The van der Waals surface area contributed by atoms with Crippen molar-refractivity contribution in [3.63, 3.8) is 0 Å². The van der Waals surface area contributed by atoms with Gasteiger partial charge < -0.3 is 19.9 Å². The third-order valence-corrected chi connectivity index (χ3v) is 10.3. The summed E-state index contributed by atoms with van der Waals surface area (Å²) in [5.74, 6) is -12.6. The molecule has 2 N–H and O–H groups in total. The van der Waals surface area contributed by atoms with E-state index in [1.807, 2.05) is 66.7 Å². The van der Waals surface area contributed by atoms with Gasteiger partial charge in [0.1, 0.15) is 5.56 Å². The second kappa shape index (κ2) is 16.7. The van der Waals surface area contributed by atoms with Crippen LogP contribution in [0.15, 0.2) is 115 Å². The van der Waals surface area contributed by atoms with Crippen molar-refractivity contribution in [2.24, 2.45) is 0 Å². The molecule has 0 saturated carbocycles. The molecule has 0 spiro atoms. The number of benzene rings is 6. The molecule has 7 rings (SSSR count). The molecule has 1 saturated heterocycles. The molecule has 11 heteroatoms. The molecule has 0 aliphatic carbocycles. The zero-order valence-corrected chi connectivity index (χ0v) is 30.6. The number of likely N-dealkylation sites (N-methyl/N-ethyl adjacent to an activating group) is 1. The molecule has 0 bridgehead atoms. The molecule has 1 aliphatic heterocycles. The Kier molecular flexibility index (Phi) is 11.6. The van der Waals surface area contributed by atoms with Crippen molar-refractivity contribution in [2.75, 3.05) is 13.6 Å². The van der Waals surface area contributed by atoms with Gasteiger partial charge in [0.2, 0.25) is 5.82 Å². The summed E-state index contributed by atoms with van der Waals surface area (Å²) in [4.78, 5) is 14.8. The lowest BCUT2D eigenvalue weighted by atomic mass is 9.97. The predicted molar refractivity (Wildman–Crippen MR) is 203 cm³/mol. The Morgan fingerprint density at radius 1 is 0.732 bits per heavy atom. The van der Waals surface area contributed by atoms with E-state index in [2.05, 4.69) is 54.5 Å². The van der Waals surface area contributed by atoms with Crippen molar-refractivity contribution in [3.8, 4) is 11.1 Å². The number of hydrogen-bond acceptors (Lipinski definition) is 5. The maximum atomic E-state index is 14.2. The van der Waals surface area contributed by atoms with Gasteiger partial charge in [0.25, 0.3) is 5.91 Å². The van der Waals surface area contributed by atoms with Gasteiger partial charge in [-0.25, -0.2) is 22.0 Å². The summed E-state index contributed by atoms with van der Waals surface area (Å²) < 4.78 is 82.7. The molecule has 1 heterocycles. The normalized spacial score (nSPS) is 17.6. The van der Waals surface area contributed by atoms with Crippen LogP contribution in [0.2, 0.25) is 0 Å². The van der Waals surface area contributed by atoms with E-state index in [0.717, 1.165) is 27.8 Å². The highest BCUT2D eigenvalue weighted by Gasteiger charge is 2.34. The number of aliphatic hydroxyl groups is 1. The predicted octanol–water partition coefficient (Wildman–Crippen LogP) is 9.86. The van der Waals surface area contributed by atoms with Crippen molar-refractivity contribution in [1.82, 2.24) is 10.2 Å². The van der Waals surface area contributed by atoms with E-state index in [4.69, 9.17) is 9.47 Å². The van der Waals surface area contributed by atoms with E-state index in [1.165, 1.54) is 16.3 Å². The molecule has 4 atom stereocenters. The Labute approximate surface area is 321 Å². The fourth-order valence-corrected chi connectivity index (χ4v) is 7.04. The van der Waals surface area contributed by atoms with Gasteiger partial charge in [-0.3, -0.25) is 9.69 Å². The molecule has 6 nitrogen and oxygen atoms in total. The zero-order chi connectivity index (χ0) is 39.5. The van der Waals surface area contributed by atoms with Crippen LogP contribution in [0.4, 0.5) is 22.0 Å². The lowest BCUT2D eigenvalue weighted by molar-refractivity contribution is -0.253. The Morgan fingerprint density at radius 2 is 1.39 bits per heavy atom. The van der Waals surface area contributed by atoms with Gasteiger partial charge in [-0.2, -0.15) is 0 Å². The summed E-state index contributed by atoms with van der Waals surface area (Å²) in [6.45, 7) is 2.49. The monoisotopic (exact) mass is 766 g/mol. The summed E-state index contributed by atoms with van der Waals surface area (Å²) in [5.41, 5.74) is 4.21. The molecular formula is C45H39F5N2O4. The number of nitrogens with one attached hydrogen (secondary N) is 1. The quantitative estimate of drug-likeness (QED) is 0.0781. The molecule has 6 aromatic carbocycles. The molecule has 1 fully saturated rings. The van der Waals surface area contributed by atoms with Crippen molar-refractivity contribution in [1.29, 1.82) is 0 Å². The maximum absolute atomic E-state index is 14.2. The molecule has 6 aromatic rings. The second-order valence-electron chi connectivity index (χ2n) is 14.0. The van der Waals surface area contributed by atoms with Gasteiger partial charge in [-0.1, -0.05) is 97.1 Å². The van der Waals surface area contributed by atoms with Crippen molar-refractivity contribution in [2.45, 2.75) is 51.0 Å². The average Bonchev–Trinajstić information content (AvgIpc) is 3.23. The topological polar surface area (TPSA) is 71.0 Å². The third-order valence-electron chi connectivity index (χ3n) is 10.3. The number of ether oxygens (including phenoxy) is 2. The summed E-state index contributed by atoms with van der Waals surface area (Å²) in [6, 6.07) is 37.2. The van der Waals surface area contributed by atoms with Crippen LogP contribution in [0.3, 0.4) is 0 Å². The van der Waals surface area contributed by atoms with Gasteiger partial charge >= 0.3 is 0 Å². The van der Waals surface area contributed by atoms with Crippen molar-refractivity contribution in [3.05, 3.63) is 178 Å². The minimum atomic E-state index is -2.34. The molecular weight excluding hydrogens is 727 g/mol. The van der Waals surface area contributed by atoms with E-state index in [-0.39, 0.29) is 31.4 Å². The molecule has 288 valence electrons. The molecule has 56 heavy (non-hydrogen) atoms. The summed E-state index contributed by atoms with van der Waals surface area (Å²) in [6.07, 6.45) is -0.645. The van der Waals surface area contributed by atoms with Crippen LogP contribution in [0.1, 0.15) is 70.0 Å². The fourth-order valence-electron chi connectivity index (χ4n) is 7.04. The minimum absolute atomic E-state index is 0.0662. The standard InChI is InChI=1S/C45H39F5N2O4/c1-26(31-18-17-29-8-3-4-9-33(29)20-31)52(2)24-36-22-37(30-15-13-27(25-53)14-16-30)56-45(55-36)35-12-6-11-34(21-35)32-10-5-7-28(19-32)23-51-44(54)38-39(46)41(48)43(50)42(49)40(38)47/h3-21,26,36-37,45,53H,22-25H2,1-2H3,(H,51,54)/t26-,36-,37+,45+/m1/s1. The van der Waals surface area contributed by atoms with Crippen LogP contribution in [0.25, 0.3) is 21.9 Å². The van der Waals surface area contributed by atoms with Crippen LogP contribution in [-0.2, 0) is 22.6 Å². The first kappa shape index (κ1) is 38.8. The van der Waals surface area contributed by atoms with Crippen LogP contribution >= 0.6 is 0 Å². The Hall–Kier alpha value is -5.46. The Bertz CT molecular complexity index is 2340. The van der Waals surface area contributed by atoms with Crippen molar-refractivity contribution < 1.29 is 41.3 Å². The number of fused-ring (bicyclic) bond motifs is 1. The number of carbonyl (C=O) groups excluding carboxylic acids is 1. The van der Waals surface area contributed by atoms with E-state index >= 15 is 0 Å². The number of rotatable bonds is 11. The number of carbonyl (C=O) groups is 1. The van der Waals surface area contributed by atoms with Gasteiger partial charge in [-0.05, 0) is 76.3 Å². The number of nitrogens with zero attached hydrogens (tertiary/aromatic N) is 1. The number of hydrogen-bond donors (Lipinski definition) is 2. The molecule has 0 aromatic heterocycles. The lowest BCUT2D eigenvalue weighted by Crippen LogP contribution is -2.38. The second-order valence-corrected chi connectivity index (χ2v) is 14.0. The highest BCUT2D eigenvalue weighted by Crippen LogP contribution is 2.40. The van der Waals surface area contributed by atoms with Gasteiger partial charge in [0, 0.05) is 31.1 Å². The smallest absolute Gasteiger partial charge is 0.257 e. The highest BCUT2D eigenvalue weighted by molar-refractivity contribution is 5.94. The van der Waals surface area contributed by atoms with Gasteiger partial charge in [0.05, 0.1) is 18.8 Å². The summed E-state index contributed by atoms with van der Waals surface area (Å²) in [7, 11) is 2.08. The highest BCUT2D eigenvalue weighted by atomic mass is 19.2. The maximum Gasteiger partial charge on any atom is 0.257 e. The first-order valence-corrected chi connectivity index (χ1v) is 18.2. The van der Waals surface area contributed by atoms with Crippen LogP contribution in [-0.4, -0.2) is 35.6 Å². The molecule has 0 unspecified atom stereocenters. The van der Waals surface area contributed by atoms with Crippen LogP contribution in [0.5, 0.6) is 0 Å². The summed E-state index contributed by atoms with van der Waals surface area (Å²) >= 11 is 0. The Balaban J connectivity index is 1.10. The number of aliphatic hydroxyl groups excluding tert-OH is 1. The molecule has 1 amide bonds. The van der Waals surface area contributed by atoms with E-state index in [1.54, 1.807) is 18.2 Å². The SMILES string of the molecule is C[C@H](c1ccc2ccccc2c1)N(C)C[C@H]1C[C@@H](c2ccc(CO)cc2)O[C@@H](c2cccc(-c3cccc(CNC(=O)c4c(F)c(F)c(F)c(F)c4F)c3)c2)O1. The first-order valence-electron chi connectivity index (χ1n) is 18.2. The third kappa shape index (κ3) is 8.22. The largest absolute Gasteiger partial charge is 0.392 e. The van der Waals surface area contributed by atoms with Crippen molar-refractivity contribution >= 4 is 16.7 Å². The number of halogens is 5. The van der Waals surface area contributed by atoms with Crippen LogP contribution < -0.4 is 5.32 Å². The Morgan fingerprint density at radius 3 is 2.11 bits per heavy atom. The molecule has 0 radical (unpaired) electrons. The van der Waals surface area contributed by atoms with E-state index < -0.39 is 46.8 Å². The van der Waals surface area contributed by atoms with Gasteiger partial charge in [-0.15, -0.1) is 0 Å². The molecule has 1 aliphatic rings. The average molecular weight is 767 g/mol. The fraction of sp³-hybridized carbons (Fsp3) is 0.222. The first-order chi connectivity index (χ1) is 27.0. The zero-order valence-electron chi connectivity index (χ0n) is 30.6. The lowest BCUT2D eigenvalue weighted by Gasteiger charge is -2.39.